The van der Waals surface area contributed by atoms with E-state index < -0.39 is 5.60 Å². The maximum absolute atomic E-state index is 14.0. The van der Waals surface area contributed by atoms with Gasteiger partial charge >= 0.3 is 6.09 Å². The van der Waals surface area contributed by atoms with Gasteiger partial charge < -0.3 is 23.8 Å². The number of pyridine rings is 2. The van der Waals surface area contributed by atoms with E-state index in [1.54, 1.807) is 23.2 Å². The number of benzene rings is 1. The van der Waals surface area contributed by atoms with Crippen LogP contribution in [0.15, 0.2) is 48.9 Å². The van der Waals surface area contributed by atoms with E-state index in [4.69, 9.17) is 24.4 Å². The number of amides is 2. The topological polar surface area (TPSA) is 106 Å². The summed E-state index contributed by atoms with van der Waals surface area (Å²) in [4.78, 5) is 46.8. The molecule has 1 aliphatic heterocycles. The van der Waals surface area contributed by atoms with Crippen LogP contribution in [0, 0.1) is 12.3 Å². The van der Waals surface area contributed by atoms with E-state index in [-0.39, 0.29) is 23.8 Å². The van der Waals surface area contributed by atoms with Crippen molar-refractivity contribution in [2.24, 2.45) is 13.0 Å². The normalized spacial score (nSPS) is 15.9. The molecule has 3 aliphatic rings. The highest BCUT2D eigenvalue weighted by Crippen LogP contribution is 2.39. The van der Waals surface area contributed by atoms with Crippen molar-refractivity contribution in [1.29, 1.82) is 0 Å². The van der Waals surface area contributed by atoms with Crippen molar-refractivity contribution in [2.75, 3.05) is 37.0 Å². The number of aromatic nitrogens is 4. The van der Waals surface area contributed by atoms with Gasteiger partial charge in [-0.15, -0.1) is 0 Å². The number of methoxy groups -OCH3 is 1. The van der Waals surface area contributed by atoms with E-state index in [2.05, 4.69) is 31.6 Å². The highest BCUT2D eigenvalue weighted by Gasteiger charge is 2.37. The summed E-state index contributed by atoms with van der Waals surface area (Å²) in [5.41, 5.74) is 7.22. The van der Waals surface area contributed by atoms with Gasteiger partial charge in [0.15, 0.2) is 5.82 Å². The molecule has 1 saturated carbocycles. The molecule has 11 heteroatoms. The highest BCUT2D eigenvalue weighted by molar-refractivity contribution is 6.02. The Kier molecular flexibility index (Phi) is 8.32. The number of ether oxygens (including phenoxy) is 2. The van der Waals surface area contributed by atoms with E-state index >= 15 is 0 Å². The first-order valence-corrected chi connectivity index (χ1v) is 17.0. The minimum absolute atomic E-state index is 0.0281. The number of aryl methyl sites for hydroxylation is 2. The van der Waals surface area contributed by atoms with Crippen LogP contribution in [0.25, 0.3) is 16.6 Å². The monoisotopic (exact) mass is 662 g/mol. The van der Waals surface area contributed by atoms with Gasteiger partial charge in [0.2, 0.25) is 5.91 Å². The van der Waals surface area contributed by atoms with Crippen LogP contribution in [-0.2, 0) is 29.5 Å². The maximum Gasteiger partial charge on any atom is 0.410 e. The number of likely N-dealkylation sites (tertiary alicyclic amines) is 1. The Bertz CT molecular complexity index is 1970. The van der Waals surface area contributed by atoms with E-state index in [1.807, 2.05) is 68.7 Å². The molecule has 0 N–H and O–H groups in total. The molecule has 0 spiro atoms. The molecular formula is C38H44N7O4. The van der Waals surface area contributed by atoms with E-state index in [0.717, 1.165) is 58.6 Å². The second kappa shape index (κ2) is 12.5. The Morgan fingerprint density at radius 2 is 1.82 bits per heavy atom. The van der Waals surface area contributed by atoms with Gasteiger partial charge in [0.05, 0.1) is 37.4 Å². The number of hydrogen-bond acceptors (Lipinski definition) is 8. The molecule has 7 rings (SSSR count). The van der Waals surface area contributed by atoms with Crippen LogP contribution < -0.4 is 14.5 Å². The second-order valence-corrected chi connectivity index (χ2v) is 14.3. The van der Waals surface area contributed by atoms with Crippen LogP contribution >= 0.6 is 0 Å². The van der Waals surface area contributed by atoms with Crippen molar-refractivity contribution < 1.29 is 19.1 Å². The van der Waals surface area contributed by atoms with Gasteiger partial charge in [-0.05, 0) is 68.9 Å². The Morgan fingerprint density at radius 1 is 1.06 bits per heavy atom. The summed E-state index contributed by atoms with van der Waals surface area (Å²) in [6.45, 7) is 9.22. The minimum Gasteiger partial charge on any atom is -0.496 e. The highest BCUT2D eigenvalue weighted by atomic mass is 16.6. The standard InChI is InChI=1S/C38H44N7O4/c1-8-23-15-29(28-19-44(20-28)37(47)49-38(2,3)4)39-18-31(23)43(6)33-17-30-34(40-22-42(30)5)35(41-33)45(36(46)25-11-12-25)21-27-14-13-26(24-9-10-24)16-32(27)48-7/h9-10,13-18,22,25,28H,8,11-12,19-21H2,1-7H3. The molecule has 49 heavy (non-hydrogen) atoms. The molecule has 1 saturated heterocycles. The summed E-state index contributed by atoms with van der Waals surface area (Å²) in [5, 5.41) is 0. The number of anilines is 3. The summed E-state index contributed by atoms with van der Waals surface area (Å²) in [6.07, 6.45) is 10.0. The van der Waals surface area contributed by atoms with E-state index in [9.17, 15) is 9.59 Å². The molecule has 2 aliphatic carbocycles. The van der Waals surface area contributed by atoms with Crippen LogP contribution in [0.5, 0.6) is 5.75 Å². The minimum atomic E-state index is -0.526. The summed E-state index contributed by atoms with van der Waals surface area (Å²) in [5.74, 6) is 2.12. The van der Waals surface area contributed by atoms with Gasteiger partial charge in [-0.1, -0.05) is 25.1 Å². The maximum atomic E-state index is 14.0. The number of rotatable bonds is 10. The SMILES string of the molecule is CCc1cc(C2CN(C(=O)OC(C)(C)C)C2)ncc1N(C)c1cc2c(ncn2C)c(N(Cc2ccc(C3=C[CH]3)cc2OC)C(=O)C2CC2)n1. The fraction of sp³-hybridized carbons (Fsp3) is 0.421. The lowest BCUT2D eigenvalue weighted by Crippen LogP contribution is -2.50. The number of allylic oxidation sites excluding steroid dienone is 2. The number of hydrogen-bond donors (Lipinski definition) is 0. The van der Waals surface area contributed by atoms with Gasteiger partial charge in [0.25, 0.3) is 0 Å². The zero-order valence-corrected chi connectivity index (χ0v) is 29.4. The Balaban J connectivity index is 1.20. The second-order valence-electron chi connectivity index (χ2n) is 14.3. The molecule has 11 nitrogen and oxygen atoms in total. The van der Waals surface area contributed by atoms with Crippen molar-refractivity contribution in [2.45, 2.75) is 65.0 Å². The van der Waals surface area contributed by atoms with Crippen molar-refractivity contribution in [1.82, 2.24) is 24.4 Å². The molecular weight excluding hydrogens is 618 g/mol. The molecule has 0 unspecified atom stereocenters. The molecule has 3 aromatic heterocycles. The van der Waals surface area contributed by atoms with E-state index in [1.165, 1.54) is 5.57 Å². The van der Waals surface area contributed by atoms with Crippen LogP contribution in [0.4, 0.5) is 22.1 Å². The molecule has 4 heterocycles. The number of nitrogens with zero attached hydrogens (tertiary/aromatic N) is 7. The van der Waals surface area contributed by atoms with Gasteiger partial charge in [0.1, 0.15) is 22.7 Å². The van der Waals surface area contributed by atoms with Gasteiger partial charge in [-0.25, -0.2) is 14.8 Å². The molecule has 1 radical (unpaired) electrons. The molecule has 0 bridgehead atoms. The summed E-state index contributed by atoms with van der Waals surface area (Å²) in [6, 6.07) is 10.3. The molecule has 2 amide bonds. The number of carbonyl (C=O) groups is 2. The third-order valence-corrected chi connectivity index (χ3v) is 9.44. The van der Waals surface area contributed by atoms with Gasteiger partial charge in [0, 0.05) is 62.8 Å². The molecule has 255 valence electrons. The predicted molar refractivity (Wildman–Crippen MR) is 190 cm³/mol. The first-order valence-electron chi connectivity index (χ1n) is 17.0. The Labute approximate surface area is 287 Å². The van der Waals surface area contributed by atoms with Gasteiger partial charge in [-0.3, -0.25) is 14.7 Å². The Hall–Kier alpha value is -4.93. The van der Waals surface area contributed by atoms with Crippen molar-refractivity contribution in [3.8, 4) is 5.75 Å². The smallest absolute Gasteiger partial charge is 0.410 e. The molecule has 2 fully saturated rings. The number of imidazole rings is 1. The van der Waals surface area contributed by atoms with Crippen molar-refractivity contribution >= 4 is 45.9 Å². The molecule has 0 atom stereocenters. The first-order chi connectivity index (χ1) is 23.4. The average Bonchev–Trinajstić information content (AvgIpc) is 3.99. The summed E-state index contributed by atoms with van der Waals surface area (Å²) >= 11 is 0. The van der Waals surface area contributed by atoms with Crippen molar-refractivity contribution in [3.63, 3.8) is 0 Å². The van der Waals surface area contributed by atoms with Crippen LogP contribution in [0.1, 0.15) is 68.8 Å². The average molecular weight is 663 g/mol. The number of carbonyl (C=O) groups excluding carboxylic acids is 2. The lowest BCUT2D eigenvalue weighted by molar-refractivity contribution is -0.119. The Morgan fingerprint density at radius 3 is 2.47 bits per heavy atom. The molecule has 4 aromatic rings. The predicted octanol–water partition coefficient (Wildman–Crippen LogP) is 6.58. The van der Waals surface area contributed by atoms with E-state index in [0.29, 0.717) is 36.8 Å². The van der Waals surface area contributed by atoms with Crippen LogP contribution in [0.3, 0.4) is 0 Å². The molecule has 1 aromatic carbocycles. The lowest BCUT2D eigenvalue weighted by Gasteiger charge is -2.39. The fourth-order valence-corrected chi connectivity index (χ4v) is 6.31. The lowest BCUT2D eigenvalue weighted by atomic mass is 9.94. The third-order valence-electron chi connectivity index (χ3n) is 9.44. The fourth-order valence-electron chi connectivity index (χ4n) is 6.31. The largest absolute Gasteiger partial charge is 0.496 e. The number of fused-ring (bicyclic) bond motifs is 1. The van der Waals surface area contributed by atoms with Crippen LogP contribution in [0.2, 0.25) is 0 Å². The van der Waals surface area contributed by atoms with Gasteiger partial charge in [-0.2, -0.15) is 0 Å². The third kappa shape index (κ3) is 6.58. The zero-order valence-electron chi connectivity index (χ0n) is 29.4. The van der Waals surface area contributed by atoms with Crippen molar-refractivity contribution in [3.05, 3.63) is 77.7 Å². The first kappa shape index (κ1) is 32.6. The van der Waals surface area contributed by atoms with Crippen LogP contribution in [-0.4, -0.2) is 69.3 Å². The summed E-state index contributed by atoms with van der Waals surface area (Å²) < 4.78 is 13.3. The zero-order chi connectivity index (χ0) is 34.6. The quantitative estimate of drug-likeness (QED) is 0.188. The summed E-state index contributed by atoms with van der Waals surface area (Å²) in [7, 11) is 5.60.